The molecule has 0 heterocycles. The molecule has 5 heteroatoms. The minimum atomic E-state index is -0.632. The monoisotopic (exact) mass is 276 g/mol. The molecule has 0 spiro atoms. The first-order valence-electron chi connectivity index (χ1n) is 6.97. The Morgan fingerprint density at radius 1 is 1.30 bits per heavy atom. The number of benzene rings is 1. The van der Waals surface area contributed by atoms with Crippen LogP contribution in [0.5, 0.6) is 5.75 Å². The zero-order valence-corrected chi connectivity index (χ0v) is 11.4. The van der Waals surface area contributed by atoms with Crippen LogP contribution in [0.15, 0.2) is 24.3 Å². The van der Waals surface area contributed by atoms with E-state index in [-0.39, 0.29) is 12.7 Å². The molecular weight excluding hydrogens is 256 g/mol. The Bertz CT molecular complexity index is 435. The van der Waals surface area contributed by atoms with E-state index in [1.807, 2.05) is 6.07 Å². The molecule has 0 bridgehead atoms. The lowest BCUT2D eigenvalue weighted by molar-refractivity contribution is -0.0417. The number of nitriles is 1. The maximum Gasteiger partial charge on any atom is 0.119 e. The van der Waals surface area contributed by atoms with Crippen molar-refractivity contribution in [2.24, 2.45) is 0 Å². The minimum Gasteiger partial charge on any atom is -0.491 e. The summed E-state index contributed by atoms with van der Waals surface area (Å²) in [5.41, 5.74) is 3.40. The third-order valence-corrected chi connectivity index (χ3v) is 3.30. The van der Waals surface area contributed by atoms with Crippen molar-refractivity contribution in [3.05, 3.63) is 29.8 Å². The third kappa shape index (κ3) is 4.82. The van der Waals surface area contributed by atoms with E-state index in [1.165, 1.54) is 12.8 Å². The summed E-state index contributed by atoms with van der Waals surface area (Å²) in [6.07, 6.45) is 4.26. The van der Waals surface area contributed by atoms with E-state index in [0.29, 0.717) is 17.9 Å². The molecule has 0 aliphatic heterocycles. The second-order valence-electron chi connectivity index (χ2n) is 4.97. The highest BCUT2D eigenvalue weighted by Crippen LogP contribution is 2.19. The largest absolute Gasteiger partial charge is 0.491 e. The van der Waals surface area contributed by atoms with E-state index in [2.05, 4.69) is 5.48 Å². The van der Waals surface area contributed by atoms with E-state index in [0.717, 1.165) is 12.8 Å². The number of ether oxygens (including phenoxy) is 1. The quantitative estimate of drug-likeness (QED) is 0.742. The molecule has 5 nitrogen and oxygen atoms in total. The molecule has 0 saturated heterocycles. The Labute approximate surface area is 119 Å². The Morgan fingerprint density at radius 3 is 2.65 bits per heavy atom. The van der Waals surface area contributed by atoms with Crippen LogP contribution in [0, 0.1) is 11.3 Å². The van der Waals surface area contributed by atoms with Crippen LogP contribution < -0.4 is 10.2 Å². The number of nitrogens with zero attached hydrogens (tertiary/aromatic N) is 1. The van der Waals surface area contributed by atoms with Crippen LogP contribution in [-0.4, -0.2) is 30.5 Å². The van der Waals surface area contributed by atoms with Crippen molar-refractivity contribution < 1.29 is 14.7 Å². The Morgan fingerprint density at radius 2 is 2.00 bits per heavy atom. The Balaban J connectivity index is 1.61. The summed E-state index contributed by atoms with van der Waals surface area (Å²) in [6.45, 7) is 0.527. The first-order chi connectivity index (χ1) is 9.78. The highest BCUT2D eigenvalue weighted by molar-refractivity contribution is 5.34. The fraction of sp³-hybridized carbons (Fsp3) is 0.533. The maximum atomic E-state index is 9.77. The van der Waals surface area contributed by atoms with Gasteiger partial charge in [-0.3, -0.25) is 4.84 Å². The molecule has 1 unspecified atom stereocenters. The van der Waals surface area contributed by atoms with Gasteiger partial charge in [0.1, 0.15) is 18.5 Å². The number of aliphatic hydroxyl groups excluding tert-OH is 1. The smallest absolute Gasteiger partial charge is 0.119 e. The van der Waals surface area contributed by atoms with Crippen molar-refractivity contribution in [1.82, 2.24) is 5.48 Å². The van der Waals surface area contributed by atoms with Gasteiger partial charge in [-0.05, 0) is 37.1 Å². The van der Waals surface area contributed by atoms with Crippen molar-refractivity contribution >= 4 is 0 Å². The van der Waals surface area contributed by atoms with Gasteiger partial charge in [-0.1, -0.05) is 12.8 Å². The van der Waals surface area contributed by atoms with Gasteiger partial charge in [0.25, 0.3) is 0 Å². The van der Waals surface area contributed by atoms with Gasteiger partial charge in [0.05, 0.1) is 24.3 Å². The third-order valence-electron chi connectivity index (χ3n) is 3.30. The lowest BCUT2D eigenvalue weighted by Crippen LogP contribution is -2.33. The normalized spacial score (nSPS) is 16.8. The molecule has 0 amide bonds. The molecule has 2 rings (SSSR count). The van der Waals surface area contributed by atoms with Crippen LogP contribution in [0.3, 0.4) is 0 Å². The van der Waals surface area contributed by atoms with Crippen molar-refractivity contribution in [2.45, 2.75) is 37.9 Å². The number of hydrogen-bond acceptors (Lipinski definition) is 5. The van der Waals surface area contributed by atoms with Gasteiger partial charge < -0.3 is 9.84 Å². The summed E-state index contributed by atoms with van der Waals surface area (Å²) >= 11 is 0. The summed E-state index contributed by atoms with van der Waals surface area (Å²) in [5, 5.41) is 18.4. The Hall–Kier alpha value is -1.61. The van der Waals surface area contributed by atoms with Gasteiger partial charge in [-0.25, -0.2) is 0 Å². The average molecular weight is 276 g/mol. The number of nitrogens with one attached hydrogen (secondary N) is 1. The van der Waals surface area contributed by atoms with Gasteiger partial charge in [0.15, 0.2) is 0 Å². The van der Waals surface area contributed by atoms with E-state index >= 15 is 0 Å². The minimum absolute atomic E-state index is 0.187. The number of hydroxylamine groups is 1. The molecule has 108 valence electrons. The van der Waals surface area contributed by atoms with Crippen molar-refractivity contribution in [3.63, 3.8) is 0 Å². The fourth-order valence-corrected chi connectivity index (χ4v) is 2.15. The predicted octanol–water partition coefficient (Wildman–Crippen LogP) is 1.76. The first kappa shape index (κ1) is 14.8. The molecule has 1 aromatic carbocycles. The summed E-state index contributed by atoms with van der Waals surface area (Å²) in [7, 11) is 0. The molecule has 1 aliphatic rings. The first-order valence-corrected chi connectivity index (χ1v) is 6.97. The summed E-state index contributed by atoms with van der Waals surface area (Å²) in [4.78, 5) is 5.45. The average Bonchev–Trinajstić information content (AvgIpc) is 2.99. The lowest BCUT2D eigenvalue weighted by atomic mass is 10.2. The molecule has 0 aromatic heterocycles. The lowest BCUT2D eigenvalue weighted by Gasteiger charge is -2.15. The topological polar surface area (TPSA) is 74.5 Å². The van der Waals surface area contributed by atoms with Crippen molar-refractivity contribution in [1.29, 1.82) is 5.26 Å². The van der Waals surface area contributed by atoms with Crippen molar-refractivity contribution in [2.75, 3.05) is 13.2 Å². The molecule has 2 N–H and O–H groups in total. The van der Waals surface area contributed by atoms with E-state index < -0.39 is 6.10 Å². The van der Waals surface area contributed by atoms with E-state index in [4.69, 9.17) is 14.8 Å². The van der Waals surface area contributed by atoms with Gasteiger partial charge in [-0.2, -0.15) is 10.7 Å². The van der Waals surface area contributed by atoms with Gasteiger partial charge >= 0.3 is 0 Å². The molecule has 0 radical (unpaired) electrons. The number of rotatable bonds is 7. The second kappa shape index (κ2) is 7.85. The van der Waals surface area contributed by atoms with Crippen LogP contribution in [0.2, 0.25) is 0 Å². The van der Waals surface area contributed by atoms with Crippen LogP contribution in [0.1, 0.15) is 31.2 Å². The Kier molecular flexibility index (Phi) is 5.81. The molecule has 1 aliphatic carbocycles. The predicted molar refractivity (Wildman–Crippen MR) is 74.0 cm³/mol. The number of hydrogen-bond donors (Lipinski definition) is 2. The van der Waals surface area contributed by atoms with Gasteiger partial charge in [0.2, 0.25) is 0 Å². The van der Waals surface area contributed by atoms with Crippen LogP contribution in [0.25, 0.3) is 0 Å². The van der Waals surface area contributed by atoms with E-state index in [9.17, 15) is 5.11 Å². The molecular formula is C15H20N2O3. The summed E-state index contributed by atoms with van der Waals surface area (Å²) < 4.78 is 5.43. The van der Waals surface area contributed by atoms with Crippen LogP contribution in [0.4, 0.5) is 0 Å². The molecule has 1 atom stereocenters. The second-order valence-corrected chi connectivity index (χ2v) is 4.97. The molecule has 20 heavy (non-hydrogen) atoms. The van der Waals surface area contributed by atoms with Crippen molar-refractivity contribution in [3.8, 4) is 11.8 Å². The SMILES string of the molecule is N#Cc1ccc(OCC(O)CNOC2CCCC2)cc1. The highest BCUT2D eigenvalue weighted by Gasteiger charge is 2.16. The standard InChI is InChI=1S/C15H20N2O3/c16-9-12-5-7-14(8-6-12)19-11-13(18)10-17-20-15-3-1-2-4-15/h5-8,13,15,17-18H,1-4,10-11H2. The maximum absolute atomic E-state index is 9.77. The van der Waals surface area contributed by atoms with Gasteiger partial charge in [-0.15, -0.1) is 0 Å². The number of aliphatic hydroxyl groups is 1. The fourth-order valence-electron chi connectivity index (χ4n) is 2.15. The van der Waals surface area contributed by atoms with Gasteiger partial charge in [0, 0.05) is 0 Å². The zero-order valence-electron chi connectivity index (χ0n) is 11.4. The molecule has 1 aromatic rings. The van der Waals surface area contributed by atoms with E-state index in [1.54, 1.807) is 24.3 Å². The van der Waals surface area contributed by atoms with Crippen LogP contribution in [-0.2, 0) is 4.84 Å². The van der Waals surface area contributed by atoms with Crippen LogP contribution >= 0.6 is 0 Å². The molecule has 1 fully saturated rings. The summed E-state index contributed by atoms with van der Waals surface area (Å²) in [5.74, 6) is 0.639. The highest BCUT2D eigenvalue weighted by atomic mass is 16.7. The summed E-state index contributed by atoms with van der Waals surface area (Å²) in [6, 6.07) is 8.84. The zero-order chi connectivity index (χ0) is 14.2. The molecule has 1 saturated carbocycles.